The normalized spacial score (nSPS) is 22.7. The molecule has 0 bridgehead atoms. The standard InChI is InChI=1S/C21H23N3O5/c1-11-17(14-6-4-5-7-15(14)22-11)18(26)12(2)29-16(25)10-24-19(27)21(3,13-8-9-13)23-20(24)28/h4-7,12-13,22H,8-10H2,1-3H3,(H,23,28)/t12-,21+/m1/s1. The number of urea groups is 1. The van der Waals surface area contributed by atoms with E-state index in [4.69, 9.17) is 4.74 Å². The third-order valence-corrected chi connectivity index (χ3v) is 5.80. The van der Waals surface area contributed by atoms with Crippen molar-refractivity contribution in [2.75, 3.05) is 6.54 Å². The van der Waals surface area contributed by atoms with E-state index in [1.54, 1.807) is 13.8 Å². The molecule has 4 rings (SSSR count). The number of carbonyl (C=O) groups excluding carboxylic acids is 4. The molecule has 1 aliphatic heterocycles. The second-order valence-corrected chi connectivity index (χ2v) is 7.96. The van der Waals surface area contributed by atoms with Gasteiger partial charge in [-0.2, -0.15) is 0 Å². The SMILES string of the molecule is Cc1[nH]c2ccccc2c1C(=O)[C@@H](C)OC(=O)CN1C(=O)N[C@@](C)(C2CC2)C1=O. The molecule has 1 aromatic heterocycles. The van der Waals surface area contributed by atoms with Crippen LogP contribution in [-0.2, 0) is 14.3 Å². The summed E-state index contributed by atoms with van der Waals surface area (Å²) in [5, 5.41) is 3.44. The van der Waals surface area contributed by atoms with Crippen LogP contribution in [0.5, 0.6) is 0 Å². The molecule has 2 N–H and O–H groups in total. The lowest BCUT2D eigenvalue weighted by Gasteiger charge is -2.21. The molecule has 8 nitrogen and oxygen atoms in total. The van der Waals surface area contributed by atoms with Crippen molar-refractivity contribution in [1.82, 2.24) is 15.2 Å². The van der Waals surface area contributed by atoms with Crippen LogP contribution >= 0.6 is 0 Å². The van der Waals surface area contributed by atoms with E-state index in [0.29, 0.717) is 11.3 Å². The average molecular weight is 397 g/mol. The molecule has 2 atom stereocenters. The Bertz CT molecular complexity index is 1040. The summed E-state index contributed by atoms with van der Waals surface area (Å²) < 4.78 is 5.27. The molecule has 1 aromatic carbocycles. The highest BCUT2D eigenvalue weighted by Gasteiger charge is 2.56. The number of esters is 1. The maximum absolute atomic E-state index is 12.9. The smallest absolute Gasteiger partial charge is 0.326 e. The Labute approximate surface area is 167 Å². The Morgan fingerprint density at radius 2 is 1.97 bits per heavy atom. The van der Waals surface area contributed by atoms with Crippen LogP contribution in [-0.4, -0.2) is 51.8 Å². The van der Waals surface area contributed by atoms with Gasteiger partial charge in [0.1, 0.15) is 12.1 Å². The quantitative estimate of drug-likeness (QED) is 0.442. The minimum atomic E-state index is -1.05. The molecule has 0 unspecified atom stereocenters. The molecule has 0 radical (unpaired) electrons. The maximum Gasteiger partial charge on any atom is 0.326 e. The van der Waals surface area contributed by atoms with Gasteiger partial charge in [0.25, 0.3) is 5.91 Å². The second kappa shape index (κ2) is 6.72. The second-order valence-electron chi connectivity index (χ2n) is 7.96. The number of para-hydroxylation sites is 1. The molecule has 2 aliphatic rings. The van der Waals surface area contributed by atoms with Crippen molar-refractivity contribution in [3.05, 3.63) is 35.5 Å². The first-order chi connectivity index (χ1) is 13.7. The van der Waals surface area contributed by atoms with Gasteiger partial charge in [0.15, 0.2) is 6.10 Å². The summed E-state index contributed by atoms with van der Waals surface area (Å²) in [5.74, 6) is -1.46. The van der Waals surface area contributed by atoms with Gasteiger partial charge < -0.3 is 15.0 Å². The predicted octanol–water partition coefficient (Wildman–Crippen LogP) is 2.31. The van der Waals surface area contributed by atoms with Crippen LogP contribution < -0.4 is 5.32 Å². The van der Waals surface area contributed by atoms with Crippen molar-refractivity contribution in [3.8, 4) is 0 Å². The number of fused-ring (bicyclic) bond motifs is 1. The van der Waals surface area contributed by atoms with Crippen LogP contribution in [0.4, 0.5) is 4.79 Å². The number of hydrogen-bond acceptors (Lipinski definition) is 5. The van der Waals surface area contributed by atoms with Crippen molar-refractivity contribution in [2.45, 2.75) is 45.3 Å². The van der Waals surface area contributed by atoms with Gasteiger partial charge in [-0.3, -0.25) is 19.3 Å². The molecule has 152 valence electrons. The molecule has 1 aliphatic carbocycles. The Balaban J connectivity index is 1.44. The number of Topliss-reactive ketones (excluding diaryl/α,β-unsaturated/α-hetero) is 1. The monoisotopic (exact) mass is 397 g/mol. The number of ketones is 1. The lowest BCUT2D eigenvalue weighted by atomic mass is 9.96. The van der Waals surface area contributed by atoms with Gasteiger partial charge in [-0.15, -0.1) is 0 Å². The fourth-order valence-electron chi connectivity index (χ4n) is 4.01. The summed E-state index contributed by atoms with van der Waals surface area (Å²) in [7, 11) is 0. The molecule has 1 saturated heterocycles. The number of benzene rings is 1. The molecule has 1 saturated carbocycles. The van der Waals surface area contributed by atoms with Crippen molar-refractivity contribution in [3.63, 3.8) is 0 Å². The molecule has 2 aromatic rings. The van der Waals surface area contributed by atoms with E-state index >= 15 is 0 Å². The summed E-state index contributed by atoms with van der Waals surface area (Å²) >= 11 is 0. The number of hydrogen-bond donors (Lipinski definition) is 2. The number of aryl methyl sites for hydroxylation is 1. The van der Waals surface area contributed by atoms with Crippen LogP contribution in [0.2, 0.25) is 0 Å². The van der Waals surface area contributed by atoms with E-state index in [-0.39, 0.29) is 11.7 Å². The number of nitrogens with zero attached hydrogens (tertiary/aromatic N) is 1. The van der Waals surface area contributed by atoms with E-state index in [0.717, 1.165) is 28.6 Å². The number of rotatable bonds is 6. The van der Waals surface area contributed by atoms with Gasteiger partial charge >= 0.3 is 12.0 Å². The summed E-state index contributed by atoms with van der Waals surface area (Å²) in [4.78, 5) is 54.1. The first kappa shape index (κ1) is 19.2. The molecule has 3 amide bonds. The highest BCUT2D eigenvalue weighted by molar-refractivity contribution is 6.12. The topological polar surface area (TPSA) is 109 Å². The summed E-state index contributed by atoms with van der Waals surface area (Å²) in [5.41, 5.74) is 1.02. The predicted molar refractivity (Wildman–Crippen MR) is 104 cm³/mol. The van der Waals surface area contributed by atoms with Gasteiger partial charge in [-0.25, -0.2) is 4.79 Å². The summed E-state index contributed by atoms with van der Waals surface area (Å²) in [6, 6.07) is 6.78. The fourth-order valence-corrected chi connectivity index (χ4v) is 4.01. The van der Waals surface area contributed by atoms with E-state index in [2.05, 4.69) is 10.3 Å². The Hall–Kier alpha value is -3.16. The maximum atomic E-state index is 12.9. The van der Waals surface area contributed by atoms with Crippen LogP contribution in [0.15, 0.2) is 24.3 Å². The lowest BCUT2D eigenvalue weighted by Crippen LogP contribution is -2.46. The number of carbonyl (C=O) groups is 4. The van der Waals surface area contributed by atoms with Crippen LogP contribution in [0.3, 0.4) is 0 Å². The zero-order chi connectivity index (χ0) is 20.9. The highest BCUT2D eigenvalue weighted by Crippen LogP contribution is 2.42. The first-order valence-electron chi connectivity index (χ1n) is 9.67. The summed E-state index contributed by atoms with van der Waals surface area (Å²) in [6.45, 7) is 4.44. The lowest BCUT2D eigenvalue weighted by molar-refractivity contribution is -0.150. The number of aromatic nitrogens is 1. The Morgan fingerprint density at radius 3 is 2.66 bits per heavy atom. The van der Waals surface area contributed by atoms with E-state index in [1.807, 2.05) is 24.3 Å². The zero-order valence-electron chi connectivity index (χ0n) is 16.6. The molecule has 29 heavy (non-hydrogen) atoms. The third kappa shape index (κ3) is 3.18. The number of amides is 3. The molecular formula is C21H23N3O5. The van der Waals surface area contributed by atoms with Crippen molar-refractivity contribution < 1.29 is 23.9 Å². The number of aromatic amines is 1. The van der Waals surface area contributed by atoms with Gasteiger partial charge in [-0.1, -0.05) is 18.2 Å². The van der Waals surface area contributed by atoms with Gasteiger partial charge in [0.2, 0.25) is 5.78 Å². The summed E-state index contributed by atoms with van der Waals surface area (Å²) in [6.07, 6.45) is 0.697. The Kier molecular flexibility index (Phi) is 4.44. The first-order valence-corrected chi connectivity index (χ1v) is 9.67. The third-order valence-electron chi connectivity index (χ3n) is 5.80. The molecule has 2 heterocycles. The largest absolute Gasteiger partial charge is 0.453 e. The fraction of sp³-hybridized carbons (Fsp3) is 0.429. The van der Waals surface area contributed by atoms with Crippen LogP contribution in [0, 0.1) is 12.8 Å². The number of nitrogens with one attached hydrogen (secondary N) is 2. The molecular weight excluding hydrogens is 374 g/mol. The van der Waals surface area contributed by atoms with Gasteiger partial charge in [0, 0.05) is 22.2 Å². The Morgan fingerprint density at radius 1 is 1.28 bits per heavy atom. The zero-order valence-corrected chi connectivity index (χ0v) is 16.6. The van der Waals surface area contributed by atoms with Gasteiger partial charge in [0.05, 0.1) is 0 Å². The van der Waals surface area contributed by atoms with E-state index in [9.17, 15) is 19.2 Å². The minimum Gasteiger partial charge on any atom is -0.453 e. The molecule has 0 spiro atoms. The van der Waals surface area contributed by atoms with E-state index < -0.39 is 36.1 Å². The van der Waals surface area contributed by atoms with Crippen molar-refractivity contribution in [1.29, 1.82) is 0 Å². The van der Waals surface area contributed by atoms with Crippen LogP contribution in [0.25, 0.3) is 10.9 Å². The van der Waals surface area contributed by atoms with Crippen molar-refractivity contribution in [2.24, 2.45) is 5.92 Å². The number of ether oxygens (including phenoxy) is 1. The van der Waals surface area contributed by atoms with Gasteiger partial charge in [-0.05, 0) is 45.6 Å². The average Bonchev–Trinajstić information content (AvgIpc) is 3.44. The minimum absolute atomic E-state index is 0.102. The number of imide groups is 1. The highest BCUT2D eigenvalue weighted by atomic mass is 16.5. The van der Waals surface area contributed by atoms with Crippen molar-refractivity contribution >= 4 is 34.6 Å². The molecule has 8 heteroatoms. The molecule has 2 fully saturated rings. The number of H-pyrrole nitrogens is 1. The van der Waals surface area contributed by atoms with Crippen LogP contribution in [0.1, 0.15) is 42.7 Å². The van der Waals surface area contributed by atoms with E-state index in [1.165, 1.54) is 6.92 Å².